The molecule has 2 saturated carbocycles. The van der Waals surface area contributed by atoms with Gasteiger partial charge in [-0.25, -0.2) is 9.78 Å². The SMILES string of the molecule is CC1CC2CC(C2)CC(C)OC2(CC(O[Si](C)(C)C(C)(C)C)CC(C(C)(C)C)C2)OO1. The van der Waals surface area contributed by atoms with Crippen LogP contribution in [0.1, 0.15) is 100 Å². The van der Waals surface area contributed by atoms with Gasteiger partial charge < -0.3 is 9.16 Å². The Morgan fingerprint density at radius 2 is 1.39 bits per heavy atom. The molecule has 2 aliphatic carbocycles. The maximum Gasteiger partial charge on any atom is 0.204 e. The molecule has 5 atom stereocenters. The summed E-state index contributed by atoms with van der Waals surface area (Å²) in [6.45, 7) is 23.1. The molecule has 0 radical (unpaired) electrons. The average molecular weight is 455 g/mol. The molecule has 2 saturated heterocycles. The summed E-state index contributed by atoms with van der Waals surface area (Å²) in [4.78, 5) is 12.4. The fourth-order valence-electron chi connectivity index (χ4n) is 5.64. The molecule has 1 spiro atoms. The summed E-state index contributed by atoms with van der Waals surface area (Å²) in [7, 11) is -1.90. The molecular weight excluding hydrogens is 404 g/mol. The highest BCUT2D eigenvalue weighted by molar-refractivity contribution is 6.74. The average Bonchev–Trinajstić information content (AvgIpc) is 2.58. The highest BCUT2D eigenvalue weighted by atomic mass is 28.4. The van der Waals surface area contributed by atoms with Gasteiger partial charge in [0.1, 0.15) is 0 Å². The zero-order chi connectivity index (χ0) is 23.2. The lowest BCUT2D eigenvalue weighted by atomic mass is 9.69. The van der Waals surface area contributed by atoms with Crippen molar-refractivity contribution in [3.8, 4) is 0 Å². The second-order valence-electron chi connectivity index (χ2n) is 13.7. The Balaban J connectivity index is 1.86. The van der Waals surface area contributed by atoms with Crippen LogP contribution in [0, 0.1) is 23.2 Å². The van der Waals surface area contributed by atoms with E-state index in [0.717, 1.165) is 43.9 Å². The topological polar surface area (TPSA) is 36.9 Å². The van der Waals surface area contributed by atoms with Gasteiger partial charge in [0, 0.05) is 12.8 Å². The van der Waals surface area contributed by atoms with Gasteiger partial charge in [0.05, 0.1) is 18.3 Å². The maximum absolute atomic E-state index is 6.96. The van der Waals surface area contributed by atoms with Gasteiger partial charge in [-0.1, -0.05) is 41.5 Å². The van der Waals surface area contributed by atoms with Gasteiger partial charge >= 0.3 is 0 Å². The molecule has 2 bridgehead atoms. The predicted molar refractivity (Wildman–Crippen MR) is 129 cm³/mol. The van der Waals surface area contributed by atoms with Crippen molar-refractivity contribution in [2.45, 2.75) is 143 Å². The van der Waals surface area contributed by atoms with E-state index in [1.807, 2.05) is 0 Å². The smallest absolute Gasteiger partial charge is 0.204 e. The quantitative estimate of drug-likeness (QED) is 0.320. The molecule has 0 N–H and O–H groups in total. The first-order valence-electron chi connectivity index (χ1n) is 12.8. The first-order chi connectivity index (χ1) is 14.1. The van der Waals surface area contributed by atoms with Gasteiger partial charge in [-0.15, -0.1) is 0 Å². The van der Waals surface area contributed by atoms with Crippen molar-refractivity contribution < 1.29 is 18.9 Å². The van der Waals surface area contributed by atoms with E-state index in [1.54, 1.807) is 0 Å². The summed E-state index contributed by atoms with van der Waals surface area (Å²) in [6, 6.07) is 0. The normalized spacial score (nSPS) is 40.8. The third-order valence-electron chi connectivity index (χ3n) is 8.58. The molecule has 31 heavy (non-hydrogen) atoms. The van der Waals surface area contributed by atoms with Gasteiger partial charge in [0.25, 0.3) is 0 Å². The van der Waals surface area contributed by atoms with E-state index < -0.39 is 14.1 Å². The van der Waals surface area contributed by atoms with E-state index in [4.69, 9.17) is 18.9 Å². The molecule has 4 aliphatic rings. The van der Waals surface area contributed by atoms with E-state index in [1.165, 1.54) is 12.8 Å². The van der Waals surface area contributed by atoms with Crippen molar-refractivity contribution in [2.24, 2.45) is 23.2 Å². The predicted octanol–water partition coefficient (Wildman–Crippen LogP) is 7.48. The van der Waals surface area contributed by atoms with Crippen LogP contribution in [-0.4, -0.2) is 32.4 Å². The lowest BCUT2D eigenvalue weighted by Gasteiger charge is -2.50. The first kappa shape index (κ1) is 25.7. The van der Waals surface area contributed by atoms with Crippen LogP contribution < -0.4 is 0 Å². The van der Waals surface area contributed by atoms with Crippen LogP contribution in [0.4, 0.5) is 0 Å². The number of hydrogen-bond acceptors (Lipinski definition) is 4. The second kappa shape index (κ2) is 9.01. The van der Waals surface area contributed by atoms with Crippen LogP contribution in [0.3, 0.4) is 0 Å². The van der Waals surface area contributed by atoms with E-state index >= 15 is 0 Å². The lowest BCUT2D eigenvalue weighted by molar-refractivity contribution is -0.462. The molecule has 2 heterocycles. The fraction of sp³-hybridized carbons (Fsp3) is 1.00. The highest BCUT2D eigenvalue weighted by Crippen LogP contribution is 2.49. The van der Waals surface area contributed by atoms with E-state index in [0.29, 0.717) is 5.92 Å². The minimum Gasteiger partial charge on any atom is -0.414 e. The van der Waals surface area contributed by atoms with E-state index in [-0.39, 0.29) is 28.8 Å². The molecule has 5 unspecified atom stereocenters. The molecule has 5 heteroatoms. The van der Waals surface area contributed by atoms with Crippen LogP contribution in [0.2, 0.25) is 18.1 Å². The summed E-state index contributed by atoms with van der Waals surface area (Å²) < 4.78 is 13.8. The van der Waals surface area contributed by atoms with Crippen LogP contribution in [-0.2, 0) is 18.9 Å². The summed E-state index contributed by atoms with van der Waals surface area (Å²) in [5.74, 6) is 1.32. The Morgan fingerprint density at radius 1 is 0.806 bits per heavy atom. The standard InChI is InChI=1S/C26H50O4Si/c1-18-11-20-13-21(14-20)12-19(2)28-30-26(27-18)16-22(24(3,4)5)15-23(17-26)29-31(9,10)25(6,7)8/h18-23H,11-17H2,1-10H3. The summed E-state index contributed by atoms with van der Waals surface area (Å²) in [6.07, 6.45) is 7.98. The Labute approximate surface area is 193 Å². The lowest BCUT2D eigenvalue weighted by Crippen LogP contribution is -2.54. The molecule has 4 nitrogen and oxygen atoms in total. The van der Waals surface area contributed by atoms with E-state index in [2.05, 4.69) is 68.5 Å². The Hall–Kier alpha value is 0.0569. The number of fused-ring (bicyclic) bond motifs is 5. The summed E-state index contributed by atoms with van der Waals surface area (Å²) in [5.41, 5.74) is 0.165. The van der Waals surface area contributed by atoms with Crippen LogP contribution in [0.15, 0.2) is 0 Å². The molecule has 0 aromatic carbocycles. The Morgan fingerprint density at radius 3 is 1.94 bits per heavy atom. The van der Waals surface area contributed by atoms with Crippen molar-refractivity contribution >= 4 is 8.32 Å². The third kappa shape index (κ3) is 6.35. The van der Waals surface area contributed by atoms with Crippen molar-refractivity contribution in [3.05, 3.63) is 0 Å². The van der Waals surface area contributed by atoms with Crippen LogP contribution in [0.5, 0.6) is 0 Å². The summed E-state index contributed by atoms with van der Waals surface area (Å²) >= 11 is 0. The Bertz CT molecular complexity index is 602. The van der Waals surface area contributed by atoms with E-state index in [9.17, 15) is 0 Å². The molecule has 4 fully saturated rings. The Kier molecular flexibility index (Phi) is 7.47. The molecule has 182 valence electrons. The molecule has 0 aromatic heterocycles. The van der Waals surface area contributed by atoms with Crippen LogP contribution in [0.25, 0.3) is 0 Å². The monoisotopic (exact) mass is 454 g/mol. The molecule has 0 aromatic rings. The zero-order valence-electron chi connectivity index (χ0n) is 22.0. The first-order valence-corrected chi connectivity index (χ1v) is 15.7. The number of hydrogen-bond donors (Lipinski definition) is 0. The van der Waals surface area contributed by atoms with Crippen LogP contribution >= 0.6 is 0 Å². The highest BCUT2D eigenvalue weighted by Gasteiger charge is 2.51. The fourth-order valence-corrected chi connectivity index (χ4v) is 7.00. The largest absolute Gasteiger partial charge is 0.414 e. The second-order valence-corrected chi connectivity index (χ2v) is 18.5. The summed E-state index contributed by atoms with van der Waals surface area (Å²) in [5, 5.41) is 0.185. The van der Waals surface area contributed by atoms with Crippen molar-refractivity contribution in [1.29, 1.82) is 0 Å². The minimum absolute atomic E-state index is 0.106. The van der Waals surface area contributed by atoms with Gasteiger partial charge in [0.2, 0.25) is 5.79 Å². The zero-order valence-corrected chi connectivity index (χ0v) is 23.0. The van der Waals surface area contributed by atoms with Gasteiger partial charge in [0.15, 0.2) is 8.32 Å². The van der Waals surface area contributed by atoms with Gasteiger partial charge in [-0.3, -0.25) is 0 Å². The molecule has 4 rings (SSSR count). The van der Waals surface area contributed by atoms with Crippen molar-refractivity contribution in [3.63, 3.8) is 0 Å². The number of ether oxygens (including phenoxy) is 1. The van der Waals surface area contributed by atoms with Gasteiger partial charge in [-0.2, -0.15) is 0 Å². The molecule has 0 amide bonds. The third-order valence-corrected chi connectivity index (χ3v) is 13.1. The van der Waals surface area contributed by atoms with Crippen molar-refractivity contribution in [1.82, 2.24) is 0 Å². The minimum atomic E-state index is -1.90. The van der Waals surface area contributed by atoms with Crippen molar-refractivity contribution in [2.75, 3.05) is 0 Å². The molecular formula is C26H50O4Si. The number of rotatable bonds is 2. The molecule has 2 aliphatic heterocycles. The maximum atomic E-state index is 6.96. The van der Waals surface area contributed by atoms with Gasteiger partial charge in [-0.05, 0) is 87.3 Å².